The van der Waals surface area contributed by atoms with Gasteiger partial charge in [-0.25, -0.2) is 0 Å². The fourth-order valence-electron chi connectivity index (χ4n) is 1.66. The van der Waals surface area contributed by atoms with E-state index in [0.29, 0.717) is 13.1 Å². The Hall–Kier alpha value is -0.660. The third kappa shape index (κ3) is 4.59. The van der Waals surface area contributed by atoms with Crippen LogP contribution >= 0.6 is 11.8 Å². The van der Waals surface area contributed by atoms with Crippen LogP contribution < -0.4 is 5.32 Å². The number of nitrogens with zero attached hydrogens (tertiary/aromatic N) is 1. The summed E-state index contributed by atoms with van der Waals surface area (Å²) in [5.74, 6) is 3.51. The molecule has 0 bridgehead atoms. The highest BCUT2D eigenvalue weighted by Crippen LogP contribution is 2.29. The highest BCUT2D eigenvalue weighted by molar-refractivity contribution is 8.00. The minimum Gasteiger partial charge on any atom is -0.344 e. The van der Waals surface area contributed by atoms with Crippen molar-refractivity contribution in [2.75, 3.05) is 31.9 Å². The van der Waals surface area contributed by atoms with Crippen molar-refractivity contribution in [2.45, 2.75) is 18.6 Å². The van der Waals surface area contributed by atoms with Gasteiger partial charge in [-0.3, -0.25) is 9.69 Å². The Morgan fingerprint density at radius 3 is 3.00 bits per heavy atom. The summed E-state index contributed by atoms with van der Waals surface area (Å²) in [4.78, 5) is 13.6. The standard InChI is InChI=1S/C11H18N2OS/c1-4-5-12-10(14)8-13-6-7-15-11(2,3)9-13/h1H,5-9H2,2-3H3,(H,12,14). The summed E-state index contributed by atoms with van der Waals surface area (Å²) in [6.07, 6.45) is 5.07. The Kier molecular flexibility index (Phi) is 4.49. The van der Waals surface area contributed by atoms with Gasteiger partial charge >= 0.3 is 0 Å². The Morgan fingerprint density at radius 1 is 1.67 bits per heavy atom. The number of rotatable bonds is 3. The molecule has 0 aromatic heterocycles. The molecule has 1 fully saturated rings. The van der Waals surface area contributed by atoms with Gasteiger partial charge in [0.05, 0.1) is 13.1 Å². The monoisotopic (exact) mass is 226 g/mol. The molecule has 1 rings (SSSR count). The molecule has 1 N–H and O–H groups in total. The molecule has 3 nitrogen and oxygen atoms in total. The molecule has 4 heteroatoms. The van der Waals surface area contributed by atoms with Gasteiger partial charge in [0.2, 0.25) is 5.91 Å². The van der Waals surface area contributed by atoms with Crippen molar-refractivity contribution < 1.29 is 4.79 Å². The first-order valence-corrected chi connectivity index (χ1v) is 6.08. The first kappa shape index (κ1) is 12.4. The van der Waals surface area contributed by atoms with Crippen LogP contribution in [-0.2, 0) is 4.79 Å². The van der Waals surface area contributed by atoms with E-state index < -0.39 is 0 Å². The predicted octanol–water partition coefficient (Wildman–Crippen LogP) is 0.563. The Bertz CT molecular complexity index is 270. The predicted molar refractivity (Wildman–Crippen MR) is 64.8 cm³/mol. The van der Waals surface area contributed by atoms with Crippen LogP contribution in [0, 0.1) is 12.3 Å². The van der Waals surface area contributed by atoms with Crippen LogP contribution in [0.1, 0.15) is 13.8 Å². The summed E-state index contributed by atoms with van der Waals surface area (Å²) in [5, 5.41) is 2.68. The number of thioether (sulfide) groups is 1. The summed E-state index contributed by atoms with van der Waals surface area (Å²) >= 11 is 1.96. The maximum absolute atomic E-state index is 11.4. The van der Waals surface area contributed by atoms with E-state index in [9.17, 15) is 4.79 Å². The maximum atomic E-state index is 11.4. The lowest BCUT2D eigenvalue weighted by Gasteiger charge is -2.37. The van der Waals surface area contributed by atoms with E-state index in [1.807, 2.05) is 11.8 Å². The number of amides is 1. The van der Waals surface area contributed by atoms with Crippen LogP contribution in [0.25, 0.3) is 0 Å². The van der Waals surface area contributed by atoms with Gasteiger partial charge in [-0.15, -0.1) is 6.42 Å². The van der Waals surface area contributed by atoms with E-state index in [-0.39, 0.29) is 10.7 Å². The molecule has 0 spiro atoms. The van der Waals surface area contributed by atoms with Crippen LogP contribution in [0.2, 0.25) is 0 Å². The molecule has 1 saturated heterocycles. The molecule has 0 aromatic carbocycles. The molecule has 84 valence electrons. The maximum Gasteiger partial charge on any atom is 0.234 e. The molecule has 1 aliphatic rings. The summed E-state index contributed by atoms with van der Waals surface area (Å²) in [6.45, 7) is 7.15. The molecule has 1 amide bonds. The summed E-state index contributed by atoms with van der Waals surface area (Å²) in [5.41, 5.74) is 0. The average Bonchev–Trinajstić information content (AvgIpc) is 2.13. The summed E-state index contributed by atoms with van der Waals surface area (Å²) in [6, 6.07) is 0. The van der Waals surface area contributed by atoms with E-state index in [2.05, 4.69) is 30.0 Å². The lowest BCUT2D eigenvalue weighted by atomic mass is 10.2. The first-order chi connectivity index (χ1) is 7.03. The Morgan fingerprint density at radius 2 is 2.40 bits per heavy atom. The zero-order valence-electron chi connectivity index (χ0n) is 9.38. The van der Waals surface area contributed by atoms with E-state index in [1.165, 1.54) is 0 Å². The Balaban J connectivity index is 2.32. The SMILES string of the molecule is C#CCNC(=O)CN1CCSC(C)(C)C1. The molecule has 0 aromatic rings. The molecule has 0 saturated carbocycles. The molecule has 15 heavy (non-hydrogen) atoms. The minimum absolute atomic E-state index is 0.0238. The second-order valence-corrected chi connectivity index (χ2v) is 6.10. The van der Waals surface area contributed by atoms with Crippen LogP contribution in [0.15, 0.2) is 0 Å². The van der Waals surface area contributed by atoms with E-state index in [1.54, 1.807) is 0 Å². The lowest BCUT2D eigenvalue weighted by molar-refractivity contribution is -0.122. The normalized spacial score (nSPS) is 20.6. The molecule has 1 heterocycles. The summed E-state index contributed by atoms with van der Waals surface area (Å²) < 4.78 is 0.255. The van der Waals surface area contributed by atoms with Crippen molar-refractivity contribution in [3.63, 3.8) is 0 Å². The number of carbonyl (C=O) groups excluding carboxylic acids is 1. The molecular formula is C11H18N2OS. The molecular weight excluding hydrogens is 208 g/mol. The second kappa shape index (κ2) is 5.43. The van der Waals surface area contributed by atoms with Crippen molar-refractivity contribution in [1.29, 1.82) is 0 Å². The van der Waals surface area contributed by atoms with Gasteiger partial charge in [-0.2, -0.15) is 11.8 Å². The van der Waals surface area contributed by atoms with Gasteiger partial charge < -0.3 is 5.32 Å². The number of hydrogen-bond acceptors (Lipinski definition) is 3. The van der Waals surface area contributed by atoms with Gasteiger partial charge in [-0.1, -0.05) is 5.92 Å². The Labute approximate surface area is 96.0 Å². The van der Waals surface area contributed by atoms with Crippen molar-refractivity contribution in [1.82, 2.24) is 10.2 Å². The molecule has 1 aliphatic heterocycles. The number of hydrogen-bond donors (Lipinski definition) is 1. The molecule has 0 atom stereocenters. The van der Waals surface area contributed by atoms with Crippen LogP contribution in [0.4, 0.5) is 0 Å². The molecule has 0 aliphatic carbocycles. The lowest BCUT2D eigenvalue weighted by Crippen LogP contribution is -2.47. The topological polar surface area (TPSA) is 32.3 Å². The zero-order chi connectivity index (χ0) is 11.3. The fraction of sp³-hybridized carbons (Fsp3) is 0.727. The van der Waals surface area contributed by atoms with Crippen LogP contribution in [0.3, 0.4) is 0 Å². The van der Waals surface area contributed by atoms with Crippen molar-refractivity contribution >= 4 is 17.7 Å². The minimum atomic E-state index is 0.0238. The van der Waals surface area contributed by atoms with Gasteiger partial charge in [0.25, 0.3) is 0 Å². The van der Waals surface area contributed by atoms with Gasteiger partial charge in [-0.05, 0) is 13.8 Å². The van der Waals surface area contributed by atoms with Crippen LogP contribution in [0.5, 0.6) is 0 Å². The van der Waals surface area contributed by atoms with E-state index in [0.717, 1.165) is 18.8 Å². The second-order valence-electron chi connectivity index (χ2n) is 4.30. The smallest absolute Gasteiger partial charge is 0.234 e. The number of nitrogens with one attached hydrogen (secondary N) is 1. The van der Waals surface area contributed by atoms with Gasteiger partial charge in [0, 0.05) is 23.6 Å². The molecule has 0 radical (unpaired) electrons. The average molecular weight is 226 g/mol. The van der Waals surface area contributed by atoms with Crippen molar-refractivity contribution in [3.8, 4) is 12.3 Å². The fourth-order valence-corrected chi connectivity index (χ4v) is 2.83. The van der Waals surface area contributed by atoms with Crippen LogP contribution in [-0.4, -0.2) is 47.5 Å². The summed E-state index contributed by atoms with van der Waals surface area (Å²) in [7, 11) is 0. The highest BCUT2D eigenvalue weighted by Gasteiger charge is 2.27. The third-order valence-corrected chi connectivity index (χ3v) is 3.56. The van der Waals surface area contributed by atoms with Crippen molar-refractivity contribution in [3.05, 3.63) is 0 Å². The quantitative estimate of drug-likeness (QED) is 0.714. The van der Waals surface area contributed by atoms with Gasteiger partial charge in [0.1, 0.15) is 0 Å². The van der Waals surface area contributed by atoms with E-state index >= 15 is 0 Å². The number of carbonyl (C=O) groups is 1. The zero-order valence-corrected chi connectivity index (χ0v) is 10.2. The van der Waals surface area contributed by atoms with Crippen molar-refractivity contribution in [2.24, 2.45) is 0 Å². The largest absolute Gasteiger partial charge is 0.344 e. The number of terminal acetylenes is 1. The third-order valence-electron chi connectivity index (χ3n) is 2.26. The highest BCUT2D eigenvalue weighted by atomic mass is 32.2. The van der Waals surface area contributed by atoms with E-state index in [4.69, 9.17) is 6.42 Å². The van der Waals surface area contributed by atoms with Gasteiger partial charge in [0.15, 0.2) is 0 Å². The first-order valence-electron chi connectivity index (χ1n) is 5.10. The molecule has 0 unspecified atom stereocenters.